The van der Waals surface area contributed by atoms with Crippen molar-refractivity contribution in [1.29, 1.82) is 0 Å². The maximum absolute atomic E-state index is 11.4. The SMILES string of the molecule is CC(=O)c1sc(Nc2ccc(C)nc2C)nc1C(=O)O. The van der Waals surface area contributed by atoms with Crippen molar-refractivity contribution >= 4 is 33.9 Å². The van der Waals surface area contributed by atoms with E-state index in [0.717, 1.165) is 28.4 Å². The molecule has 0 radical (unpaired) electrons. The van der Waals surface area contributed by atoms with Gasteiger partial charge in [0, 0.05) is 12.6 Å². The summed E-state index contributed by atoms with van der Waals surface area (Å²) in [5.41, 5.74) is 2.18. The Morgan fingerprint density at radius 3 is 2.45 bits per heavy atom. The van der Waals surface area contributed by atoms with E-state index in [1.54, 1.807) is 0 Å². The molecule has 2 heterocycles. The molecule has 0 saturated carbocycles. The van der Waals surface area contributed by atoms with Crippen LogP contribution in [0.3, 0.4) is 0 Å². The minimum Gasteiger partial charge on any atom is -0.476 e. The predicted octanol–water partition coefficient (Wildman–Crippen LogP) is 2.80. The van der Waals surface area contributed by atoms with Gasteiger partial charge in [-0.2, -0.15) is 0 Å². The molecule has 0 saturated heterocycles. The molecule has 0 aliphatic heterocycles. The van der Waals surface area contributed by atoms with Crippen LogP contribution in [0.4, 0.5) is 10.8 Å². The molecule has 2 N–H and O–H groups in total. The summed E-state index contributed by atoms with van der Waals surface area (Å²) < 4.78 is 0. The summed E-state index contributed by atoms with van der Waals surface area (Å²) in [6.45, 7) is 5.05. The number of aromatic carboxylic acids is 1. The van der Waals surface area contributed by atoms with E-state index in [0.29, 0.717) is 5.13 Å². The summed E-state index contributed by atoms with van der Waals surface area (Å²) in [7, 11) is 0. The van der Waals surface area contributed by atoms with Gasteiger partial charge in [0.15, 0.2) is 16.6 Å². The van der Waals surface area contributed by atoms with E-state index in [4.69, 9.17) is 5.11 Å². The van der Waals surface area contributed by atoms with Gasteiger partial charge in [0.1, 0.15) is 4.88 Å². The van der Waals surface area contributed by atoms with Crippen LogP contribution in [0.25, 0.3) is 0 Å². The van der Waals surface area contributed by atoms with Crippen LogP contribution in [0.2, 0.25) is 0 Å². The minimum absolute atomic E-state index is 0.137. The molecule has 2 rings (SSSR count). The summed E-state index contributed by atoms with van der Waals surface area (Å²) in [5.74, 6) is -1.52. The summed E-state index contributed by atoms with van der Waals surface area (Å²) in [6.07, 6.45) is 0. The first-order valence-electron chi connectivity index (χ1n) is 5.85. The molecule has 0 unspecified atom stereocenters. The zero-order valence-corrected chi connectivity index (χ0v) is 12.0. The second-order valence-corrected chi connectivity index (χ2v) is 5.27. The van der Waals surface area contributed by atoms with E-state index in [1.165, 1.54) is 6.92 Å². The van der Waals surface area contributed by atoms with Gasteiger partial charge in [0.05, 0.1) is 11.4 Å². The molecule has 0 amide bonds. The highest BCUT2D eigenvalue weighted by Crippen LogP contribution is 2.27. The fraction of sp³-hybridized carbons (Fsp3) is 0.231. The second-order valence-electron chi connectivity index (χ2n) is 4.27. The normalized spacial score (nSPS) is 10.3. The second kappa shape index (κ2) is 5.38. The average molecular weight is 291 g/mol. The number of nitrogens with one attached hydrogen (secondary N) is 1. The maximum atomic E-state index is 11.4. The van der Waals surface area contributed by atoms with Crippen LogP contribution >= 0.6 is 11.3 Å². The zero-order valence-electron chi connectivity index (χ0n) is 11.2. The highest BCUT2D eigenvalue weighted by Gasteiger charge is 2.20. The number of hydrogen-bond acceptors (Lipinski definition) is 6. The Morgan fingerprint density at radius 2 is 1.95 bits per heavy atom. The van der Waals surface area contributed by atoms with E-state index < -0.39 is 5.97 Å². The summed E-state index contributed by atoms with van der Waals surface area (Å²) in [5, 5.41) is 12.4. The molecule has 20 heavy (non-hydrogen) atoms. The van der Waals surface area contributed by atoms with E-state index >= 15 is 0 Å². The largest absolute Gasteiger partial charge is 0.476 e. The number of aromatic nitrogens is 2. The van der Waals surface area contributed by atoms with Crippen molar-refractivity contribution in [1.82, 2.24) is 9.97 Å². The number of pyridine rings is 1. The number of aryl methyl sites for hydroxylation is 2. The first kappa shape index (κ1) is 14.1. The van der Waals surface area contributed by atoms with Gasteiger partial charge in [0.25, 0.3) is 0 Å². The average Bonchev–Trinajstić information content (AvgIpc) is 2.77. The minimum atomic E-state index is -1.21. The molecule has 0 bridgehead atoms. The van der Waals surface area contributed by atoms with Crippen LogP contribution in [0, 0.1) is 13.8 Å². The molecule has 6 nitrogen and oxygen atoms in total. The smallest absolute Gasteiger partial charge is 0.356 e. The van der Waals surface area contributed by atoms with Crippen LogP contribution in [0.15, 0.2) is 12.1 Å². The predicted molar refractivity (Wildman–Crippen MR) is 76.1 cm³/mol. The number of hydrogen-bond donors (Lipinski definition) is 2. The molecule has 0 atom stereocenters. The standard InChI is InChI=1S/C13H13N3O3S/c1-6-4-5-9(7(2)14-6)15-13-16-10(12(18)19)11(20-13)8(3)17/h4-5H,1-3H3,(H,15,16)(H,18,19). The van der Waals surface area contributed by atoms with E-state index in [-0.39, 0.29) is 16.4 Å². The molecule has 0 aliphatic carbocycles. The number of thiazole rings is 1. The fourth-order valence-electron chi connectivity index (χ4n) is 1.69. The third kappa shape index (κ3) is 2.83. The quantitative estimate of drug-likeness (QED) is 0.841. The number of carboxylic acid groups (broad SMARTS) is 1. The Morgan fingerprint density at radius 1 is 1.25 bits per heavy atom. The topological polar surface area (TPSA) is 92.2 Å². The lowest BCUT2D eigenvalue weighted by Gasteiger charge is -2.06. The third-order valence-corrected chi connectivity index (χ3v) is 3.69. The van der Waals surface area contributed by atoms with Gasteiger partial charge in [-0.15, -0.1) is 0 Å². The van der Waals surface area contributed by atoms with Crippen molar-refractivity contribution < 1.29 is 14.7 Å². The molecule has 2 aromatic heterocycles. The van der Waals surface area contributed by atoms with Crippen LogP contribution in [0.1, 0.15) is 38.5 Å². The van der Waals surface area contributed by atoms with E-state index in [9.17, 15) is 9.59 Å². The number of carboxylic acids is 1. The van der Waals surface area contributed by atoms with Crippen molar-refractivity contribution in [2.45, 2.75) is 20.8 Å². The monoisotopic (exact) mass is 291 g/mol. The lowest BCUT2D eigenvalue weighted by Crippen LogP contribution is -2.03. The number of Topliss-reactive ketones (excluding diaryl/α,β-unsaturated/α-hetero) is 1. The van der Waals surface area contributed by atoms with Crippen molar-refractivity contribution in [3.63, 3.8) is 0 Å². The number of nitrogens with zero attached hydrogens (tertiary/aromatic N) is 2. The van der Waals surface area contributed by atoms with Crippen LogP contribution in [-0.2, 0) is 0 Å². The molecule has 0 fully saturated rings. The van der Waals surface area contributed by atoms with Gasteiger partial charge in [0.2, 0.25) is 0 Å². The highest BCUT2D eigenvalue weighted by molar-refractivity contribution is 7.17. The first-order valence-corrected chi connectivity index (χ1v) is 6.66. The first-order chi connectivity index (χ1) is 9.38. The van der Waals surface area contributed by atoms with Crippen LogP contribution in [0.5, 0.6) is 0 Å². The Labute approximate surface area is 119 Å². The molecular formula is C13H13N3O3S. The number of ketones is 1. The van der Waals surface area contributed by atoms with E-state index in [2.05, 4.69) is 15.3 Å². The van der Waals surface area contributed by atoms with Gasteiger partial charge in [-0.05, 0) is 26.0 Å². The third-order valence-electron chi connectivity index (χ3n) is 2.62. The van der Waals surface area contributed by atoms with Gasteiger partial charge in [-0.25, -0.2) is 9.78 Å². The lowest BCUT2D eigenvalue weighted by molar-refractivity contribution is 0.0687. The number of carbonyl (C=O) groups excluding carboxylic acids is 1. The highest BCUT2D eigenvalue weighted by atomic mass is 32.1. The molecule has 7 heteroatoms. The maximum Gasteiger partial charge on any atom is 0.356 e. The van der Waals surface area contributed by atoms with Gasteiger partial charge in [-0.1, -0.05) is 11.3 Å². The van der Waals surface area contributed by atoms with Crippen molar-refractivity contribution in [2.75, 3.05) is 5.32 Å². The summed E-state index contributed by atoms with van der Waals surface area (Å²) in [4.78, 5) is 30.9. The van der Waals surface area contributed by atoms with E-state index in [1.807, 2.05) is 26.0 Å². The Hall–Kier alpha value is -2.28. The van der Waals surface area contributed by atoms with Crippen molar-refractivity contribution in [2.24, 2.45) is 0 Å². The lowest BCUT2D eigenvalue weighted by atomic mass is 10.3. The Balaban J connectivity index is 2.37. The summed E-state index contributed by atoms with van der Waals surface area (Å²) >= 11 is 1.02. The van der Waals surface area contributed by atoms with Gasteiger partial charge in [-0.3, -0.25) is 9.78 Å². The number of carbonyl (C=O) groups is 2. The summed E-state index contributed by atoms with van der Waals surface area (Å²) in [6, 6.07) is 3.68. The van der Waals surface area contributed by atoms with Crippen molar-refractivity contribution in [3.05, 3.63) is 34.1 Å². The molecule has 104 valence electrons. The molecule has 2 aromatic rings. The number of rotatable bonds is 4. The fourth-order valence-corrected chi connectivity index (χ4v) is 2.56. The molecular weight excluding hydrogens is 278 g/mol. The van der Waals surface area contributed by atoms with Crippen molar-refractivity contribution in [3.8, 4) is 0 Å². The van der Waals surface area contributed by atoms with Gasteiger partial charge >= 0.3 is 5.97 Å². The van der Waals surface area contributed by atoms with Gasteiger partial charge < -0.3 is 10.4 Å². The molecule has 0 aliphatic rings. The van der Waals surface area contributed by atoms with Crippen LogP contribution in [-0.4, -0.2) is 26.8 Å². The zero-order chi connectivity index (χ0) is 14.9. The Bertz CT molecular complexity index is 663. The number of anilines is 2. The molecule has 0 aromatic carbocycles. The van der Waals surface area contributed by atoms with Crippen LogP contribution < -0.4 is 5.32 Å². The molecule has 0 spiro atoms. The Kier molecular flexibility index (Phi) is 3.80.